The SMILES string of the molecule is Cc1c(O)cc2c(C)c1O2. The van der Waals surface area contributed by atoms with Crippen LogP contribution in [-0.2, 0) is 0 Å². The molecule has 0 saturated carbocycles. The average Bonchev–Trinajstić information content (AvgIpc) is 1.92. The molecule has 0 aromatic heterocycles. The molecule has 0 saturated heterocycles. The van der Waals surface area contributed by atoms with Gasteiger partial charge in [-0.2, -0.15) is 0 Å². The van der Waals surface area contributed by atoms with Gasteiger partial charge in [0.2, 0.25) is 0 Å². The summed E-state index contributed by atoms with van der Waals surface area (Å²) in [6, 6.07) is 1.65. The Balaban J connectivity index is 2.74. The van der Waals surface area contributed by atoms with Gasteiger partial charge in [-0.25, -0.2) is 0 Å². The first-order valence-corrected chi connectivity index (χ1v) is 3.21. The molecule has 0 amide bonds. The summed E-state index contributed by atoms with van der Waals surface area (Å²) in [5, 5.41) is 9.19. The zero-order valence-electron chi connectivity index (χ0n) is 5.93. The lowest BCUT2D eigenvalue weighted by Gasteiger charge is -2.24. The second kappa shape index (κ2) is 1.45. The number of aromatic hydroxyl groups is 1. The van der Waals surface area contributed by atoms with Gasteiger partial charge in [0, 0.05) is 17.2 Å². The van der Waals surface area contributed by atoms with E-state index >= 15 is 0 Å². The van der Waals surface area contributed by atoms with Crippen molar-refractivity contribution in [1.82, 2.24) is 0 Å². The minimum atomic E-state index is 0.335. The van der Waals surface area contributed by atoms with Gasteiger partial charge < -0.3 is 9.84 Å². The van der Waals surface area contributed by atoms with Crippen LogP contribution in [0.1, 0.15) is 11.1 Å². The summed E-state index contributed by atoms with van der Waals surface area (Å²) in [6.45, 7) is 3.83. The third-order valence-electron chi connectivity index (χ3n) is 1.91. The summed E-state index contributed by atoms with van der Waals surface area (Å²) >= 11 is 0. The fourth-order valence-corrected chi connectivity index (χ4v) is 1.17. The van der Waals surface area contributed by atoms with Crippen LogP contribution in [0.15, 0.2) is 6.07 Å². The Morgan fingerprint density at radius 3 is 2.40 bits per heavy atom. The van der Waals surface area contributed by atoms with Gasteiger partial charge in [0.25, 0.3) is 0 Å². The molecule has 1 aromatic carbocycles. The van der Waals surface area contributed by atoms with E-state index in [0.717, 1.165) is 22.6 Å². The van der Waals surface area contributed by atoms with E-state index < -0.39 is 0 Å². The average molecular weight is 136 g/mol. The Hall–Kier alpha value is -1.18. The highest BCUT2D eigenvalue weighted by Crippen LogP contribution is 2.48. The van der Waals surface area contributed by atoms with Crippen molar-refractivity contribution < 1.29 is 9.84 Å². The number of phenols is 1. The van der Waals surface area contributed by atoms with Gasteiger partial charge in [-0.05, 0) is 13.8 Å². The lowest BCUT2D eigenvalue weighted by Crippen LogP contribution is -2.03. The van der Waals surface area contributed by atoms with E-state index in [0.29, 0.717) is 5.75 Å². The minimum Gasteiger partial charge on any atom is -0.507 e. The number of rotatable bonds is 0. The molecule has 0 radical (unpaired) electrons. The summed E-state index contributed by atoms with van der Waals surface area (Å²) < 4.78 is 5.19. The zero-order valence-corrected chi connectivity index (χ0v) is 5.93. The van der Waals surface area contributed by atoms with Crippen LogP contribution in [0.3, 0.4) is 0 Å². The molecule has 2 aliphatic heterocycles. The largest absolute Gasteiger partial charge is 0.507 e. The van der Waals surface area contributed by atoms with Crippen molar-refractivity contribution in [2.75, 3.05) is 0 Å². The second-order valence-corrected chi connectivity index (χ2v) is 2.58. The van der Waals surface area contributed by atoms with Crippen LogP contribution in [-0.4, -0.2) is 5.11 Å². The van der Waals surface area contributed by atoms with E-state index in [-0.39, 0.29) is 0 Å². The number of hydrogen-bond donors (Lipinski definition) is 1. The fraction of sp³-hybridized carbons (Fsp3) is 0.250. The molecule has 0 fully saturated rings. The Morgan fingerprint density at radius 1 is 1.30 bits per heavy atom. The first-order valence-electron chi connectivity index (χ1n) is 3.21. The van der Waals surface area contributed by atoms with Gasteiger partial charge >= 0.3 is 0 Å². The molecule has 1 aromatic rings. The predicted molar refractivity (Wildman–Crippen MR) is 37.7 cm³/mol. The first kappa shape index (κ1) is 5.59. The van der Waals surface area contributed by atoms with Gasteiger partial charge in [0.15, 0.2) is 0 Å². The molecule has 0 atom stereocenters. The van der Waals surface area contributed by atoms with Gasteiger partial charge in [0.05, 0.1) is 0 Å². The van der Waals surface area contributed by atoms with Crippen LogP contribution in [0.2, 0.25) is 0 Å². The summed E-state index contributed by atoms with van der Waals surface area (Å²) in [6.07, 6.45) is 0. The van der Waals surface area contributed by atoms with E-state index in [9.17, 15) is 5.11 Å². The van der Waals surface area contributed by atoms with E-state index in [2.05, 4.69) is 0 Å². The molecule has 0 unspecified atom stereocenters. The Labute approximate surface area is 59.1 Å². The van der Waals surface area contributed by atoms with E-state index in [1.54, 1.807) is 6.07 Å². The topological polar surface area (TPSA) is 29.5 Å². The van der Waals surface area contributed by atoms with Crippen LogP contribution >= 0.6 is 0 Å². The number of hydrogen-bond acceptors (Lipinski definition) is 2. The molecule has 52 valence electrons. The smallest absolute Gasteiger partial charge is 0.140 e. The van der Waals surface area contributed by atoms with Crippen LogP contribution < -0.4 is 4.74 Å². The predicted octanol–water partition coefficient (Wildman–Crippen LogP) is 2.11. The quantitative estimate of drug-likeness (QED) is 0.601. The number of fused-ring (bicyclic) bond motifs is 2. The normalized spacial score (nSPS) is 12.2. The standard InChI is InChI=1S/C8H8O2/c1-4-6(9)3-7-5(2)8(4)10-7/h3,9H,1-2H3. The van der Waals surface area contributed by atoms with Crippen molar-refractivity contribution in [2.45, 2.75) is 13.8 Å². The third-order valence-corrected chi connectivity index (χ3v) is 1.91. The Bertz CT molecular complexity index is 294. The lowest BCUT2D eigenvalue weighted by molar-refractivity contribution is 0.395. The maximum absolute atomic E-state index is 9.19. The Kier molecular flexibility index (Phi) is 0.813. The highest BCUT2D eigenvalue weighted by Gasteiger charge is 2.23. The Morgan fingerprint density at radius 2 is 2.00 bits per heavy atom. The highest BCUT2D eigenvalue weighted by atomic mass is 16.5. The highest BCUT2D eigenvalue weighted by molar-refractivity contribution is 5.63. The van der Waals surface area contributed by atoms with Crippen molar-refractivity contribution in [3.63, 3.8) is 0 Å². The maximum atomic E-state index is 9.19. The number of benzene rings is 1. The molecule has 2 bridgehead atoms. The maximum Gasteiger partial charge on any atom is 0.140 e. The fourth-order valence-electron chi connectivity index (χ4n) is 1.17. The summed E-state index contributed by atoms with van der Waals surface area (Å²) in [4.78, 5) is 0. The number of phenolic OH excluding ortho intramolecular Hbond substituents is 1. The van der Waals surface area contributed by atoms with Crippen molar-refractivity contribution in [3.05, 3.63) is 17.2 Å². The summed E-state index contributed by atoms with van der Waals surface area (Å²) in [5.41, 5.74) is 1.99. The van der Waals surface area contributed by atoms with E-state index in [1.807, 2.05) is 13.8 Å². The van der Waals surface area contributed by atoms with Gasteiger partial charge in [0.1, 0.15) is 17.2 Å². The summed E-state index contributed by atoms with van der Waals surface area (Å²) in [5.74, 6) is 1.98. The van der Waals surface area contributed by atoms with Crippen LogP contribution in [0.5, 0.6) is 17.2 Å². The molecule has 2 aliphatic rings. The van der Waals surface area contributed by atoms with Gasteiger partial charge in [-0.15, -0.1) is 0 Å². The van der Waals surface area contributed by atoms with E-state index in [4.69, 9.17) is 4.74 Å². The molecule has 2 heteroatoms. The summed E-state index contributed by atoms with van der Waals surface area (Å²) in [7, 11) is 0. The number of aryl methyl sites for hydroxylation is 1. The molecule has 10 heavy (non-hydrogen) atoms. The third kappa shape index (κ3) is 0.444. The van der Waals surface area contributed by atoms with Crippen molar-refractivity contribution in [2.24, 2.45) is 0 Å². The molecule has 2 nitrogen and oxygen atoms in total. The van der Waals surface area contributed by atoms with Crippen molar-refractivity contribution in [3.8, 4) is 17.2 Å². The van der Waals surface area contributed by atoms with Crippen LogP contribution in [0.4, 0.5) is 0 Å². The van der Waals surface area contributed by atoms with E-state index in [1.165, 1.54) is 0 Å². The molecule has 3 rings (SSSR count). The zero-order chi connectivity index (χ0) is 7.30. The van der Waals surface area contributed by atoms with Crippen molar-refractivity contribution in [1.29, 1.82) is 0 Å². The monoisotopic (exact) mass is 136 g/mol. The van der Waals surface area contributed by atoms with Crippen LogP contribution in [0, 0.1) is 13.8 Å². The molecular formula is C8H8O2. The lowest BCUT2D eigenvalue weighted by atomic mass is 10.0. The molecule has 0 aliphatic carbocycles. The second-order valence-electron chi connectivity index (χ2n) is 2.58. The van der Waals surface area contributed by atoms with Crippen LogP contribution in [0.25, 0.3) is 0 Å². The molecule has 2 heterocycles. The van der Waals surface area contributed by atoms with Gasteiger partial charge in [-0.3, -0.25) is 0 Å². The minimum absolute atomic E-state index is 0.335. The van der Waals surface area contributed by atoms with Crippen molar-refractivity contribution >= 4 is 0 Å². The molecular weight excluding hydrogens is 128 g/mol. The van der Waals surface area contributed by atoms with Gasteiger partial charge in [-0.1, -0.05) is 0 Å². The first-order chi connectivity index (χ1) is 4.70. The number of ether oxygens (including phenoxy) is 1. The molecule has 1 N–H and O–H groups in total. The molecule has 0 spiro atoms.